The number of hydrogen-bond donors (Lipinski definition) is 1. The maximum atomic E-state index is 12.4. The van der Waals surface area contributed by atoms with Gasteiger partial charge < -0.3 is 5.11 Å². The van der Waals surface area contributed by atoms with Crippen molar-refractivity contribution in [3.05, 3.63) is 34.9 Å². The number of halogens is 3. The molecular weight excluding hydrogens is 283 g/mol. The van der Waals surface area contributed by atoms with E-state index in [0.717, 1.165) is 16.0 Å². The van der Waals surface area contributed by atoms with Crippen molar-refractivity contribution >= 4 is 5.78 Å². The molecule has 1 aromatic carbocycles. The molecule has 0 aliphatic rings. The first-order valence-corrected chi connectivity index (χ1v) is 6.73. The summed E-state index contributed by atoms with van der Waals surface area (Å²) in [5.74, 6) is -0.188. The molecule has 0 atom stereocenters. The highest BCUT2D eigenvalue weighted by atomic mass is 19.4. The molecule has 1 aromatic rings. The van der Waals surface area contributed by atoms with Crippen molar-refractivity contribution in [1.29, 1.82) is 0 Å². The Hall–Kier alpha value is -1.40. The van der Waals surface area contributed by atoms with Crippen LogP contribution in [0.25, 0.3) is 0 Å². The van der Waals surface area contributed by atoms with Crippen molar-refractivity contribution in [2.24, 2.45) is 0 Å². The third-order valence-corrected chi connectivity index (χ3v) is 3.02. The summed E-state index contributed by atoms with van der Waals surface area (Å²) >= 11 is 0. The van der Waals surface area contributed by atoms with E-state index in [4.69, 9.17) is 5.11 Å². The van der Waals surface area contributed by atoms with Crippen molar-refractivity contribution in [2.75, 3.05) is 26.2 Å². The number of nitrogens with zero attached hydrogens (tertiary/aromatic N) is 1. The largest absolute Gasteiger partial charge is 0.401 e. The Morgan fingerprint density at radius 3 is 2.19 bits per heavy atom. The molecular formula is C15H20F3NO2. The first-order valence-electron chi connectivity index (χ1n) is 6.73. The maximum Gasteiger partial charge on any atom is 0.401 e. The number of aliphatic hydroxyl groups is 1. The number of carbonyl (C=O) groups excluding carboxylic acids is 1. The summed E-state index contributed by atoms with van der Waals surface area (Å²) in [6, 6.07) is 5.39. The number of carbonyl (C=O) groups is 1. The second-order valence-corrected chi connectivity index (χ2v) is 5.16. The van der Waals surface area contributed by atoms with E-state index in [0.29, 0.717) is 5.56 Å². The van der Waals surface area contributed by atoms with E-state index in [1.165, 1.54) is 0 Å². The van der Waals surface area contributed by atoms with E-state index >= 15 is 0 Å². The van der Waals surface area contributed by atoms with Gasteiger partial charge in [0.05, 0.1) is 13.2 Å². The molecule has 21 heavy (non-hydrogen) atoms. The van der Waals surface area contributed by atoms with Crippen molar-refractivity contribution in [1.82, 2.24) is 4.90 Å². The van der Waals surface area contributed by atoms with Gasteiger partial charge in [-0.2, -0.15) is 13.2 Å². The average Bonchev–Trinajstić information content (AvgIpc) is 2.33. The lowest BCUT2D eigenvalue weighted by molar-refractivity contribution is -0.146. The van der Waals surface area contributed by atoms with Crippen LogP contribution in [0.3, 0.4) is 0 Å². The Balaban J connectivity index is 2.64. The zero-order valence-corrected chi connectivity index (χ0v) is 12.2. The number of hydrogen-bond acceptors (Lipinski definition) is 3. The summed E-state index contributed by atoms with van der Waals surface area (Å²) in [6.45, 7) is 2.13. The second-order valence-electron chi connectivity index (χ2n) is 5.16. The number of Topliss-reactive ketones (excluding diaryl/α,β-unsaturated/α-hetero) is 1. The molecule has 0 heterocycles. The summed E-state index contributed by atoms with van der Waals surface area (Å²) < 4.78 is 37.1. The van der Waals surface area contributed by atoms with Gasteiger partial charge >= 0.3 is 6.18 Å². The molecule has 6 heteroatoms. The van der Waals surface area contributed by atoms with E-state index in [9.17, 15) is 18.0 Å². The lowest BCUT2D eigenvalue weighted by atomic mass is 10.0. The van der Waals surface area contributed by atoms with Gasteiger partial charge in [-0.3, -0.25) is 9.69 Å². The van der Waals surface area contributed by atoms with Crippen LogP contribution in [0.2, 0.25) is 0 Å². The molecule has 0 aliphatic carbocycles. The molecule has 0 spiro atoms. The molecule has 0 unspecified atom stereocenters. The third-order valence-electron chi connectivity index (χ3n) is 3.02. The number of aliphatic hydroxyl groups excluding tert-OH is 1. The molecule has 0 fully saturated rings. The molecule has 3 nitrogen and oxygen atoms in total. The zero-order valence-electron chi connectivity index (χ0n) is 12.2. The van der Waals surface area contributed by atoms with Gasteiger partial charge in [-0.05, 0) is 26.0 Å². The molecule has 0 radical (unpaired) electrons. The standard InChI is InChI=1S/C15H20F3NO2/c1-11-7-12(2)9-13(8-11)14(21)3-4-19(5-6-20)10-15(16,17)18/h7-9,20H,3-6,10H2,1-2H3. The van der Waals surface area contributed by atoms with Crippen LogP contribution < -0.4 is 0 Å². The highest BCUT2D eigenvalue weighted by Gasteiger charge is 2.30. The molecule has 1 N–H and O–H groups in total. The molecule has 0 aliphatic heterocycles. The van der Waals surface area contributed by atoms with Crippen LogP contribution in [0.15, 0.2) is 18.2 Å². The smallest absolute Gasteiger partial charge is 0.395 e. The van der Waals surface area contributed by atoms with Crippen LogP contribution in [0.5, 0.6) is 0 Å². The monoisotopic (exact) mass is 303 g/mol. The average molecular weight is 303 g/mol. The van der Waals surface area contributed by atoms with Crippen LogP contribution in [-0.2, 0) is 0 Å². The van der Waals surface area contributed by atoms with Gasteiger partial charge in [0.2, 0.25) is 0 Å². The highest BCUT2D eigenvalue weighted by Crippen LogP contribution is 2.17. The van der Waals surface area contributed by atoms with Gasteiger partial charge in [0.15, 0.2) is 5.78 Å². The van der Waals surface area contributed by atoms with Gasteiger partial charge in [0.1, 0.15) is 0 Å². The van der Waals surface area contributed by atoms with E-state index < -0.39 is 12.7 Å². The van der Waals surface area contributed by atoms with E-state index in [1.54, 1.807) is 12.1 Å². The quantitative estimate of drug-likeness (QED) is 0.787. The summed E-state index contributed by atoms with van der Waals surface area (Å²) in [5.41, 5.74) is 2.41. The Morgan fingerprint density at radius 2 is 1.71 bits per heavy atom. The number of ketones is 1. The van der Waals surface area contributed by atoms with E-state index in [-0.39, 0.29) is 31.9 Å². The van der Waals surface area contributed by atoms with Crippen molar-refractivity contribution in [2.45, 2.75) is 26.4 Å². The SMILES string of the molecule is Cc1cc(C)cc(C(=O)CCN(CCO)CC(F)(F)F)c1. The van der Waals surface area contributed by atoms with Gasteiger partial charge in [0, 0.05) is 25.1 Å². The van der Waals surface area contributed by atoms with Gasteiger partial charge in [-0.1, -0.05) is 17.2 Å². The lowest BCUT2D eigenvalue weighted by Crippen LogP contribution is -2.37. The summed E-state index contributed by atoms with van der Waals surface area (Å²) in [5, 5.41) is 8.79. The molecule has 1 rings (SSSR count). The molecule has 0 aromatic heterocycles. The molecule has 0 saturated heterocycles. The number of aryl methyl sites for hydroxylation is 2. The Bertz CT molecular complexity index is 466. The van der Waals surface area contributed by atoms with Crippen molar-refractivity contribution in [3.8, 4) is 0 Å². The molecule has 118 valence electrons. The highest BCUT2D eigenvalue weighted by molar-refractivity contribution is 5.96. The van der Waals surface area contributed by atoms with Crippen LogP contribution >= 0.6 is 0 Å². The summed E-state index contributed by atoms with van der Waals surface area (Å²) in [6.07, 6.45) is -4.34. The topological polar surface area (TPSA) is 40.5 Å². The van der Waals surface area contributed by atoms with Crippen molar-refractivity contribution < 1.29 is 23.1 Å². The number of benzene rings is 1. The molecule has 0 amide bonds. The minimum atomic E-state index is -4.34. The fourth-order valence-electron chi connectivity index (χ4n) is 2.20. The first kappa shape index (κ1) is 17.7. The van der Waals surface area contributed by atoms with Gasteiger partial charge in [0.25, 0.3) is 0 Å². The lowest BCUT2D eigenvalue weighted by Gasteiger charge is -2.22. The fourth-order valence-corrected chi connectivity index (χ4v) is 2.20. The second kappa shape index (κ2) is 7.56. The Morgan fingerprint density at radius 1 is 1.14 bits per heavy atom. The third kappa shape index (κ3) is 6.73. The number of rotatable bonds is 7. The minimum Gasteiger partial charge on any atom is -0.395 e. The van der Waals surface area contributed by atoms with E-state index in [2.05, 4.69) is 0 Å². The zero-order chi connectivity index (χ0) is 16.0. The van der Waals surface area contributed by atoms with Crippen LogP contribution in [0, 0.1) is 13.8 Å². The molecule has 0 saturated carbocycles. The summed E-state index contributed by atoms with van der Waals surface area (Å²) in [7, 11) is 0. The Labute approximate surface area is 122 Å². The van der Waals surface area contributed by atoms with Gasteiger partial charge in [-0.15, -0.1) is 0 Å². The van der Waals surface area contributed by atoms with Crippen LogP contribution in [-0.4, -0.2) is 48.2 Å². The van der Waals surface area contributed by atoms with Gasteiger partial charge in [-0.25, -0.2) is 0 Å². The molecule has 0 bridgehead atoms. The predicted octanol–water partition coefficient (Wildman–Crippen LogP) is 2.73. The fraction of sp³-hybridized carbons (Fsp3) is 0.533. The van der Waals surface area contributed by atoms with E-state index in [1.807, 2.05) is 19.9 Å². The maximum absolute atomic E-state index is 12.4. The van der Waals surface area contributed by atoms with Crippen LogP contribution in [0.1, 0.15) is 27.9 Å². The van der Waals surface area contributed by atoms with Crippen molar-refractivity contribution in [3.63, 3.8) is 0 Å². The first-order chi connectivity index (χ1) is 9.71. The number of alkyl halides is 3. The predicted molar refractivity (Wildman–Crippen MR) is 74.4 cm³/mol. The van der Waals surface area contributed by atoms with Crippen LogP contribution in [0.4, 0.5) is 13.2 Å². The normalized spacial score (nSPS) is 12.0. The summed E-state index contributed by atoms with van der Waals surface area (Å²) in [4.78, 5) is 13.1. The Kier molecular flexibility index (Phi) is 6.36. The minimum absolute atomic E-state index is 0.00102.